The largest absolute Gasteiger partial charge is 0.481 e. The molecule has 4 atom stereocenters. The first-order valence-electron chi connectivity index (χ1n) is 18.6. The van der Waals surface area contributed by atoms with Gasteiger partial charge in [0.1, 0.15) is 6.61 Å². The third kappa shape index (κ3) is 23.0. The molecule has 0 aliphatic carbocycles. The number of hydrogen-bond donors (Lipinski definition) is 1. The highest BCUT2D eigenvalue weighted by Gasteiger charge is 2.29. The van der Waals surface area contributed by atoms with Gasteiger partial charge in [0.05, 0.1) is 64.2 Å². The van der Waals surface area contributed by atoms with Crippen molar-refractivity contribution in [2.75, 3.05) is 59.5 Å². The number of hydrogen-bond acceptors (Lipinski definition) is 8. The first-order chi connectivity index (χ1) is 23.4. The van der Waals surface area contributed by atoms with Crippen LogP contribution in [0.4, 0.5) is 0 Å². The van der Waals surface area contributed by atoms with Crippen LogP contribution in [0.25, 0.3) is 0 Å². The summed E-state index contributed by atoms with van der Waals surface area (Å²) in [4.78, 5) is 24.5. The molecule has 0 fully saturated rings. The number of nitriles is 1. The minimum atomic E-state index is -0.973. The molecule has 0 heterocycles. The van der Waals surface area contributed by atoms with Crippen molar-refractivity contribution in [3.8, 4) is 6.07 Å². The number of rotatable bonds is 33. The molecule has 9 nitrogen and oxygen atoms in total. The van der Waals surface area contributed by atoms with Gasteiger partial charge in [0.25, 0.3) is 0 Å². The van der Waals surface area contributed by atoms with Gasteiger partial charge >= 0.3 is 11.9 Å². The maximum Gasteiger partial charge on any atom is 0.309 e. The van der Waals surface area contributed by atoms with Crippen LogP contribution in [0.2, 0.25) is 0 Å². The van der Waals surface area contributed by atoms with E-state index < -0.39 is 29.7 Å². The summed E-state index contributed by atoms with van der Waals surface area (Å²) >= 11 is 0. The second kappa shape index (κ2) is 30.5. The zero-order valence-electron chi connectivity index (χ0n) is 30.2. The molecule has 0 saturated heterocycles. The molecule has 4 unspecified atom stereocenters. The second-order valence-electron chi connectivity index (χ2n) is 12.8. The normalized spacial score (nSPS) is 13.8. The Kier molecular flexibility index (Phi) is 27.7. The van der Waals surface area contributed by atoms with E-state index in [0.717, 1.165) is 25.0 Å². The molecule has 0 aliphatic rings. The SMILES string of the molecule is CCCCCCCCCCCCOCCOCCOCCOCCOC(=O)C(CC(C#N)CC(CC)c1ccccc1)CC(C)C(=O)O. The van der Waals surface area contributed by atoms with E-state index >= 15 is 0 Å². The van der Waals surface area contributed by atoms with Gasteiger partial charge in [-0.05, 0) is 43.6 Å². The molecule has 1 N–H and O–H groups in total. The Hall–Kier alpha value is -2.51. The van der Waals surface area contributed by atoms with E-state index in [1.165, 1.54) is 57.8 Å². The van der Waals surface area contributed by atoms with Gasteiger partial charge in [-0.25, -0.2) is 0 Å². The second-order valence-corrected chi connectivity index (χ2v) is 12.8. The number of carboxylic acid groups (broad SMARTS) is 1. The van der Waals surface area contributed by atoms with Crippen LogP contribution in [0.3, 0.4) is 0 Å². The average molecular weight is 676 g/mol. The first kappa shape index (κ1) is 43.5. The van der Waals surface area contributed by atoms with Gasteiger partial charge in [-0.3, -0.25) is 9.59 Å². The van der Waals surface area contributed by atoms with Crippen molar-refractivity contribution >= 4 is 11.9 Å². The molecule has 1 aromatic carbocycles. The lowest BCUT2D eigenvalue weighted by atomic mass is 9.81. The fourth-order valence-electron chi connectivity index (χ4n) is 5.74. The van der Waals surface area contributed by atoms with E-state index in [9.17, 15) is 20.0 Å². The molecule has 1 rings (SSSR count). The van der Waals surface area contributed by atoms with Crippen LogP contribution >= 0.6 is 0 Å². The van der Waals surface area contributed by atoms with Crippen molar-refractivity contribution in [3.05, 3.63) is 35.9 Å². The molecule has 0 spiro atoms. The van der Waals surface area contributed by atoms with Crippen LogP contribution in [0.1, 0.15) is 122 Å². The van der Waals surface area contributed by atoms with Gasteiger partial charge in [0.15, 0.2) is 0 Å². The molecule has 0 amide bonds. The molecular weight excluding hydrogens is 610 g/mol. The van der Waals surface area contributed by atoms with Gasteiger partial charge in [0, 0.05) is 12.5 Å². The number of esters is 1. The van der Waals surface area contributed by atoms with E-state index in [4.69, 9.17) is 23.7 Å². The minimum absolute atomic E-state index is 0.0534. The maximum atomic E-state index is 13.0. The highest BCUT2D eigenvalue weighted by Crippen LogP contribution is 2.31. The number of unbranched alkanes of at least 4 members (excludes halogenated alkanes) is 9. The van der Waals surface area contributed by atoms with E-state index in [0.29, 0.717) is 46.1 Å². The Morgan fingerprint density at radius 2 is 1.19 bits per heavy atom. The lowest BCUT2D eigenvalue weighted by molar-refractivity contribution is -0.152. The Bertz CT molecular complexity index is 953. The Morgan fingerprint density at radius 1 is 0.688 bits per heavy atom. The van der Waals surface area contributed by atoms with Crippen molar-refractivity contribution < 1.29 is 38.4 Å². The molecule has 0 bridgehead atoms. The summed E-state index contributed by atoms with van der Waals surface area (Å²) < 4.78 is 27.7. The van der Waals surface area contributed by atoms with Crippen LogP contribution in [0, 0.1) is 29.1 Å². The third-order valence-corrected chi connectivity index (χ3v) is 8.71. The standard InChI is InChI=1S/C39H65NO8/c1-4-6-7-8-9-10-11-12-13-17-20-44-21-22-45-23-24-46-25-26-47-27-28-48-39(43)37(29-33(3)38(41)42)31-34(32-40)30-35(5-2)36-18-15-14-16-19-36/h14-16,18-19,33-35,37H,4-13,17,20-31H2,1-3H3,(H,41,42). The van der Waals surface area contributed by atoms with Crippen LogP contribution in [0.5, 0.6) is 0 Å². The Balaban J connectivity index is 2.12. The zero-order valence-corrected chi connectivity index (χ0v) is 30.2. The zero-order chi connectivity index (χ0) is 35.1. The van der Waals surface area contributed by atoms with Crippen molar-refractivity contribution in [2.24, 2.45) is 17.8 Å². The lowest BCUT2D eigenvalue weighted by Gasteiger charge is -2.23. The van der Waals surface area contributed by atoms with Crippen molar-refractivity contribution in [2.45, 2.75) is 117 Å². The number of carbonyl (C=O) groups excluding carboxylic acids is 1. The summed E-state index contributed by atoms with van der Waals surface area (Å²) in [6, 6.07) is 12.4. The predicted octanol–water partition coefficient (Wildman–Crippen LogP) is 8.36. The molecule has 0 aliphatic heterocycles. The molecule has 274 valence electrons. The molecule has 0 saturated carbocycles. The van der Waals surface area contributed by atoms with Crippen LogP contribution in [0.15, 0.2) is 30.3 Å². The number of aliphatic carboxylic acids is 1. The quantitative estimate of drug-likeness (QED) is 0.0578. The summed E-state index contributed by atoms with van der Waals surface area (Å²) in [6.45, 7) is 9.82. The fraction of sp³-hybridized carbons (Fsp3) is 0.769. The van der Waals surface area contributed by atoms with Crippen LogP contribution in [-0.4, -0.2) is 76.5 Å². The van der Waals surface area contributed by atoms with E-state index in [1.807, 2.05) is 18.2 Å². The summed E-state index contributed by atoms with van der Waals surface area (Å²) in [7, 11) is 0. The Labute approximate surface area is 291 Å². The molecule has 0 aromatic heterocycles. The molecule has 48 heavy (non-hydrogen) atoms. The number of ether oxygens (including phenoxy) is 5. The van der Waals surface area contributed by atoms with Crippen LogP contribution in [-0.2, 0) is 33.3 Å². The van der Waals surface area contributed by atoms with Gasteiger partial charge < -0.3 is 28.8 Å². The molecule has 9 heteroatoms. The summed E-state index contributed by atoms with van der Waals surface area (Å²) in [6.07, 6.45) is 15.0. The molecule has 1 aromatic rings. The van der Waals surface area contributed by atoms with Gasteiger partial charge in [0.2, 0.25) is 0 Å². The molecule has 0 radical (unpaired) electrons. The summed E-state index contributed by atoms with van der Waals surface area (Å²) in [5, 5.41) is 19.3. The van der Waals surface area contributed by atoms with E-state index in [-0.39, 0.29) is 32.0 Å². The monoisotopic (exact) mass is 675 g/mol. The van der Waals surface area contributed by atoms with Gasteiger partial charge in [-0.2, -0.15) is 5.26 Å². The average Bonchev–Trinajstić information content (AvgIpc) is 3.10. The van der Waals surface area contributed by atoms with Crippen molar-refractivity contribution in [1.82, 2.24) is 0 Å². The van der Waals surface area contributed by atoms with E-state index in [2.05, 4.69) is 32.0 Å². The van der Waals surface area contributed by atoms with Crippen LogP contribution < -0.4 is 0 Å². The number of carbonyl (C=O) groups is 2. The number of nitrogens with zero attached hydrogens (tertiary/aromatic N) is 1. The highest BCUT2D eigenvalue weighted by atomic mass is 16.6. The van der Waals surface area contributed by atoms with Crippen molar-refractivity contribution in [3.63, 3.8) is 0 Å². The van der Waals surface area contributed by atoms with E-state index in [1.54, 1.807) is 6.92 Å². The topological polar surface area (TPSA) is 124 Å². The minimum Gasteiger partial charge on any atom is -0.481 e. The summed E-state index contributed by atoms with van der Waals surface area (Å²) in [5.41, 5.74) is 1.16. The maximum absolute atomic E-state index is 13.0. The first-order valence-corrected chi connectivity index (χ1v) is 18.6. The summed E-state index contributed by atoms with van der Waals surface area (Å²) in [5.74, 6) is -3.07. The Morgan fingerprint density at radius 3 is 1.69 bits per heavy atom. The van der Waals surface area contributed by atoms with Gasteiger partial charge in [-0.15, -0.1) is 0 Å². The smallest absolute Gasteiger partial charge is 0.309 e. The number of benzene rings is 1. The lowest BCUT2D eigenvalue weighted by Crippen LogP contribution is -2.27. The number of carboxylic acids is 1. The fourth-order valence-corrected chi connectivity index (χ4v) is 5.74. The van der Waals surface area contributed by atoms with Gasteiger partial charge in [-0.1, -0.05) is 109 Å². The molecular formula is C39H65NO8. The highest BCUT2D eigenvalue weighted by molar-refractivity contribution is 5.75. The third-order valence-electron chi connectivity index (χ3n) is 8.71. The van der Waals surface area contributed by atoms with Crippen molar-refractivity contribution in [1.29, 1.82) is 5.26 Å². The predicted molar refractivity (Wildman–Crippen MR) is 189 cm³/mol.